The molecule has 0 fully saturated rings. The number of rotatable bonds is 3. The zero-order chi connectivity index (χ0) is 9.68. The molecule has 68 valence electrons. The number of carbonyl (C=O) groups excluding carboxylic acids is 1. The lowest BCUT2D eigenvalue weighted by Gasteiger charge is -2.01. The third kappa shape index (κ3) is 3.42. The molecular formula is C10H10BrNO. The Morgan fingerprint density at radius 1 is 1.46 bits per heavy atom. The van der Waals surface area contributed by atoms with Crippen LogP contribution in [0.4, 0.5) is 5.69 Å². The number of para-hydroxylation sites is 1. The van der Waals surface area contributed by atoms with E-state index in [1.165, 1.54) is 13.0 Å². The summed E-state index contributed by atoms with van der Waals surface area (Å²) in [6, 6.07) is 7.72. The number of carbonyl (C=O) groups is 1. The van der Waals surface area contributed by atoms with Crippen molar-refractivity contribution in [2.24, 2.45) is 0 Å². The fraction of sp³-hybridized carbons (Fsp3) is 0.100. The van der Waals surface area contributed by atoms with E-state index in [2.05, 4.69) is 21.2 Å². The summed E-state index contributed by atoms with van der Waals surface area (Å²) < 4.78 is 0.975. The van der Waals surface area contributed by atoms with Crippen LogP contribution in [0, 0.1) is 0 Å². The van der Waals surface area contributed by atoms with E-state index in [-0.39, 0.29) is 5.78 Å². The molecular weight excluding hydrogens is 230 g/mol. The standard InChI is InChI=1S/C10H10BrNO/c1-8(13)6-7-12-10-5-3-2-4-9(10)11/h2-7,12H,1H3/b7-6+. The van der Waals surface area contributed by atoms with Gasteiger partial charge in [-0.1, -0.05) is 12.1 Å². The molecule has 0 radical (unpaired) electrons. The molecule has 0 aromatic heterocycles. The molecule has 13 heavy (non-hydrogen) atoms. The van der Waals surface area contributed by atoms with Crippen LogP contribution < -0.4 is 5.32 Å². The van der Waals surface area contributed by atoms with Crippen molar-refractivity contribution in [2.75, 3.05) is 5.32 Å². The fourth-order valence-corrected chi connectivity index (χ4v) is 1.23. The Morgan fingerprint density at radius 2 is 2.15 bits per heavy atom. The van der Waals surface area contributed by atoms with E-state index in [1.807, 2.05) is 24.3 Å². The molecule has 0 amide bonds. The van der Waals surface area contributed by atoms with Crippen molar-refractivity contribution in [3.05, 3.63) is 41.0 Å². The molecule has 1 N–H and O–H groups in total. The van der Waals surface area contributed by atoms with Crippen molar-refractivity contribution in [1.82, 2.24) is 0 Å². The minimum Gasteiger partial charge on any atom is -0.361 e. The van der Waals surface area contributed by atoms with Crippen molar-refractivity contribution >= 4 is 27.4 Å². The topological polar surface area (TPSA) is 29.1 Å². The summed E-state index contributed by atoms with van der Waals surface area (Å²) >= 11 is 3.38. The molecule has 0 aliphatic carbocycles. The summed E-state index contributed by atoms with van der Waals surface area (Å²) in [6.07, 6.45) is 3.11. The molecule has 0 aliphatic heterocycles. The van der Waals surface area contributed by atoms with Crippen LogP contribution in [0.5, 0.6) is 0 Å². The predicted octanol–water partition coefficient (Wildman–Crippen LogP) is 2.96. The molecule has 2 nitrogen and oxygen atoms in total. The van der Waals surface area contributed by atoms with Crippen molar-refractivity contribution in [3.8, 4) is 0 Å². The second-order valence-corrected chi connectivity index (χ2v) is 3.42. The zero-order valence-corrected chi connectivity index (χ0v) is 8.84. The monoisotopic (exact) mass is 239 g/mol. The Bertz CT molecular complexity index is 333. The lowest BCUT2D eigenvalue weighted by Crippen LogP contribution is -1.90. The minimum absolute atomic E-state index is 0.0274. The molecule has 0 unspecified atom stereocenters. The van der Waals surface area contributed by atoms with Gasteiger partial charge in [0, 0.05) is 10.7 Å². The molecule has 0 bridgehead atoms. The van der Waals surface area contributed by atoms with Gasteiger partial charge in [-0.2, -0.15) is 0 Å². The average Bonchev–Trinajstić information content (AvgIpc) is 2.08. The van der Waals surface area contributed by atoms with E-state index in [4.69, 9.17) is 0 Å². The Kier molecular flexibility index (Phi) is 3.71. The molecule has 1 aromatic rings. The molecule has 0 atom stereocenters. The molecule has 1 rings (SSSR count). The van der Waals surface area contributed by atoms with Gasteiger partial charge in [-0.15, -0.1) is 0 Å². The van der Waals surface area contributed by atoms with Gasteiger partial charge in [0.05, 0.1) is 5.69 Å². The van der Waals surface area contributed by atoms with Crippen LogP contribution in [-0.2, 0) is 4.79 Å². The number of hydrogen-bond donors (Lipinski definition) is 1. The van der Waals surface area contributed by atoms with E-state index in [0.717, 1.165) is 10.2 Å². The van der Waals surface area contributed by atoms with Crippen LogP contribution in [0.15, 0.2) is 41.0 Å². The highest BCUT2D eigenvalue weighted by Gasteiger charge is 1.93. The summed E-state index contributed by atoms with van der Waals surface area (Å²) in [5.74, 6) is 0.0274. The number of hydrogen-bond acceptors (Lipinski definition) is 2. The Morgan fingerprint density at radius 3 is 2.77 bits per heavy atom. The van der Waals surface area contributed by atoms with Crippen LogP contribution in [0.3, 0.4) is 0 Å². The van der Waals surface area contributed by atoms with Gasteiger partial charge in [0.1, 0.15) is 0 Å². The maximum atomic E-state index is 10.6. The van der Waals surface area contributed by atoms with Gasteiger partial charge >= 0.3 is 0 Å². The van der Waals surface area contributed by atoms with Gasteiger partial charge in [0.25, 0.3) is 0 Å². The van der Waals surface area contributed by atoms with Crippen molar-refractivity contribution in [3.63, 3.8) is 0 Å². The van der Waals surface area contributed by atoms with Crippen molar-refractivity contribution in [2.45, 2.75) is 6.92 Å². The van der Waals surface area contributed by atoms with Gasteiger partial charge in [-0.25, -0.2) is 0 Å². The van der Waals surface area contributed by atoms with Crippen LogP contribution in [-0.4, -0.2) is 5.78 Å². The average molecular weight is 240 g/mol. The number of allylic oxidation sites excluding steroid dienone is 1. The first-order valence-corrected chi connectivity index (χ1v) is 4.67. The van der Waals surface area contributed by atoms with E-state index in [1.54, 1.807) is 6.20 Å². The van der Waals surface area contributed by atoms with E-state index in [9.17, 15) is 4.79 Å². The number of anilines is 1. The third-order valence-corrected chi connectivity index (χ3v) is 2.12. The summed E-state index contributed by atoms with van der Waals surface area (Å²) in [4.78, 5) is 10.6. The molecule has 0 saturated carbocycles. The maximum absolute atomic E-state index is 10.6. The summed E-state index contributed by atoms with van der Waals surface area (Å²) in [5.41, 5.74) is 0.944. The smallest absolute Gasteiger partial charge is 0.154 e. The molecule has 0 spiro atoms. The van der Waals surface area contributed by atoms with Gasteiger partial charge < -0.3 is 5.32 Å². The maximum Gasteiger partial charge on any atom is 0.154 e. The van der Waals surface area contributed by atoms with Crippen LogP contribution in [0.25, 0.3) is 0 Å². The van der Waals surface area contributed by atoms with Crippen molar-refractivity contribution in [1.29, 1.82) is 0 Å². The number of nitrogens with one attached hydrogen (secondary N) is 1. The first kappa shape index (κ1) is 9.99. The summed E-state index contributed by atoms with van der Waals surface area (Å²) in [7, 11) is 0. The molecule has 3 heteroatoms. The Labute approximate surface area is 85.8 Å². The second-order valence-electron chi connectivity index (χ2n) is 2.57. The lowest BCUT2D eigenvalue weighted by atomic mass is 10.3. The lowest BCUT2D eigenvalue weighted by molar-refractivity contribution is -0.112. The Balaban J connectivity index is 2.64. The predicted molar refractivity (Wildman–Crippen MR) is 57.6 cm³/mol. The molecule has 1 aromatic carbocycles. The molecule has 0 saturated heterocycles. The summed E-state index contributed by atoms with van der Waals surface area (Å²) in [5, 5.41) is 3.00. The van der Waals surface area contributed by atoms with Crippen LogP contribution in [0.1, 0.15) is 6.92 Å². The molecule has 0 aliphatic rings. The highest BCUT2D eigenvalue weighted by Crippen LogP contribution is 2.20. The minimum atomic E-state index is 0.0274. The third-order valence-electron chi connectivity index (χ3n) is 1.43. The van der Waals surface area contributed by atoms with Crippen molar-refractivity contribution < 1.29 is 4.79 Å². The first-order chi connectivity index (χ1) is 6.20. The summed E-state index contributed by atoms with van der Waals surface area (Å²) in [6.45, 7) is 1.51. The number of halogens is 1. The normalized spacial score (nSPS) is 10.3. The Hall–Kier alpha value is -1.09. The van der Waals surface area contributed by atoms with Crippen LogP contribution >= 0.6 is 15.9 Å². The first-order valence-electron chi connectivity index (χ1n) is 3.88. The van der Waals surface area contributed by atoms with E-state index >= 15 is 0 Å². The fourth-order valence-electron chi connectivity index (χ4n) is 0.827. The van der Waals surface area contributed by atoms with Crippen LogP contribution in [0.2, 0.25) is 0 Å². The van der Waals surface area contributed by atoms with E-state index < -0.39 is 0 Å². The largest absolute Gasteiger partial charge is 0.361 e. The quantitative estimate of drug-likeness (QED) is 0.823. The zero-order valence-electron chi connectivity index (χ0n) is 7.25. The number of benzene rings is 1. The highest BCUT2D eigenvalue weighted by atomic mass is 79.9. The van der Waals surface area contributed by atoms with Gasteiger partial charge in [0.2, 0.25) is 0 Å². The van der Waals surface area contributed by atoms with Gasteiger partial charge in [-0.3, -0.25) is 4.79 Å². The molecule has 0 heterocycles. The van der Waals surface area contributed by atoms with Gasteiger partial charge in [0.15, 0.2) is 5.78 Å². The van der Waals surface area contributed by atoms with E-state index in [0.29, 0.717) is 0 Å². The number of ketones is 1. The SMILES string of the molecule is CC(=O)/C=C/Nc1ccccc1Br. The highest BCUT2D eigenvalue weighted by molar-refractivity contribution is 9.10. The second kappa shape index (κ2) is 4.82. The van der Waals surface area contributed by atoms with Gasteiger partial charge in [-0.05, 0) is 41.1 Å².